The highest BCUT2D eigenvalue weighted by molar-refractivity contribution is 5.78. The van der Waals surface area contributed by atoms with Crippen LogP contribution in [-0.2, 0) is 16.0 Å². The van der Waals surface area contributed by atoms with Crippen molar-refractivity contribution in [1.82, 2.24) is 9.80 Å². The van der Waals surface area contributed by atoms with Gasteiger partial charge >= 0.3 is 6.09 Å². The van der Waals surface area contributed by atoms with Crippen molar-refractivity contribution in [2.24, 2.45) is 0 Å². The average Bonchev–Trinajstić information content (AvgIpc) is 2.97. The number of ether oxygens (including phenoxy) is 1. The lowest BCUT2D eigenvalue weighted by Crippen LogP contribution is -2.50. The minimum atomic E-state index is -0.309. The lowest BCUT2D eigenvalue weighted by molar-refractivity contribution is -0.133. The predicted octanol–water partition coefficient (Wildman–Crippen LogP) is 2.02. The molecule has 2 amide bonds. The fourth-order valence-electron chi connectivity index (χ4n) is 3.46. The van der Waals surface area contributed by atoms with Crippen molar-refractivity contribution in [3.05, 3.63) is 35.4 Å². The molecule has 0 radical (unpaired) electrons. The molecule has 0 N–H and O–H groups in total. The maximum atomic E-state index is 12.5. The molecule has 0 aromatic heterocycles. The van der Waals surface area contributed by atoms with Gasteiger partial charge in [0.25, 0.3) is 0 Å². The number of hydrogen-bond acceptors (Lipinski definition) is 3. The van der Waals surface area contributed by atoms with Crippen LogP contribution in [-0.4, -0.2) is 55.1 Å². The average molecular weight is 302 g/mol. The summed E-state index contributed by atoms with van der Waals surface area (Å²) < 4.78 is 4.72. The van der Waals surface area contributed by atoms with E-state index in [4.69, 9.17) is 4.74 Å². The molecule has 1 aromatic carbocycles. The van der Waals surface area contributed by atoms with Gasteiger partial charge < -0.3 is 14.5 Å². The first-order valence-electron chi connectivity index (χ1n) is 7.87. The van der Waals surface area contributed by atoms with E-state index in [2.05, 4.69) is 24.3 Å². The first-order chi connectivity index (χ1) is 10.7. The van der Waals surface area contributed by atoms with Crippen molar-refractivity contribution in [2.75, 3.05) is 33.3 Å². The summed E-state index contributed by atoms with van der Waals surface area (Å²) in [4.78, 5) is 27.5. The van der Waals surface area contributed by atoms with Crippen LogP contribution in [0.25, 0.3) is 0 Å². The lowest BCUT2D eigenvalue weighted by Gasteiger charge is -2.34. The van der Waals surface area contributed by atoms with E-state index in [1.165, 1.54) is 18.2 Å². The minimum Gasteiger partial charge on any atom is -0.453 e. The fraction of sp³-hybridized carbons (Fsp3) is 0.529. The van der Waals surface area contributed by atoms with Crippen molar-refractivity contribution < 1.29 is 14.3 Å². The van der Waals surface area contributed by atoms with Crippen LogP contribution in [0.3, 0.4) is 0 Å². The second-order valence-corrected chi connectivity index (χ2v) is 5.98. The molecule has 1 fully saturated rings. The number of hydrogen-bond donors (Lipinski definition) is 0. The summed E-state index contributed by atoms with van der Waals surface area (Å²) in [6, 6.07) is 8.43. The number of rotatable bonds is 2. The standard InChI is InChI=1S/C17H22N2O3/c1-22-17(21)19-10-8-18(9-11-19)16(20)12-14-7-6-13-4-2-3-5-15(13)14/h2-5,14H,6-12H2,1H3/t14-/m0/s1. The Balaban J connectivity index is 1.55. The molecule has 22 heavy (non-hydrogen) atoms. The van der Waals surface area contributed by atoms with Gasteiger partial charge in [0.05, 0.1) is 7.11 Å². The molecular formula is C17H22N2O3. The summed E-state index contributed by atoms with van der Waals surface area (Å²) in [5, 5.41) is 0. The highest BCUT2D eigenvalue weighted by atomic mass is 16.5. The Morgan fingerprint density at radius 3 is 2.55 bits per heavy atom. The molecule has 1 saturated heterocycles. The third-order valence-electron chi connectivity index (χ3n) is 4.74. The van der Waals surface area contributed by atoms with Gasteiger partial charge in [0.1, 0.15) is 0 Å². The van der Waals surface area contributed by atoms with Gasteiger partial charge in [-0.05, 0) is 29.9 Å². The minimum absolute atomic E-state index is 0.200. The predicted molar refractivity (Wildman–Crippen MR) is 82.7 cm³/mol. The van der Waals surface area contributed by atoms with Crippen molar-refractivity contribution in [1.29, 1.82) is 0 Å². The third-order valence-corrected chi connectivity index (χ3v) is 4.74. The quantitative estimate of drug-likeness (QED) is 0.840. The first-order valence-corrected chi connectivity index (χ1v) is 7.87. The number of amides is 2. The highest BCUT2D eigenvalue weighted by Gasteiger charge is 2.29. The third kappa shape index (κ3) is 2.93. The molecule has 1 aliphatic carbocycles. The second-order valence-electron chi connectivity index (χ2n) is 5.98. The van der Waals surface area contributed by atoms with Gasteiger partial charge in [0.2, 0.25) is 5.91 Å². The molecule has 5 nitrogen and oxygen atoms in total. The number of piperazine rings is 1. The molecule has 0 spiro atoms. The number of methoxy groups -OCH3 is 1. The molecule has 0 saturated carbocycles. The largest absolute Gasteiger partial charge is 0.453 e. The summed E-state index contributed by atoms with van der Waals surface area (Å²) in [7, 11) is 1.39. The zero-order valence-corrected chi connectivity index (χ0v) is 13.0. The molecule has 2 aliphatic rings. The SMILES string of the molecule is COC(=O)N1CCN(C(=O)C[C@@H]2CCc3ccccc32)CC1. The number of nitrogens with zero attached hydrogens (tertiary/aromatic N) is 2. The van der Waals surface area contributed by atoms with Crippen LogP contribution >= 0.6 is 0 Å². The topological polar surface area (TPSA) is 49.9 Å². The molecule has 1 atom stereocenters. The Hall–Kier alpha value is -2.04. The van der Waals surface area contributed by atoms with Gasteiger partial charge in [-0.1, -0.05) is 24.3 Å². The second kappa shape index (κ2) is 6.38. The summed E-state index contributed by atoms with van der Waals surface area (Å²) >= 11 is 0. The van der Waals surface area contributed by atoms with Crippen LogP contribution in [0.5, 0.6) is 0 Å². The molecule has 1 aromatic rings. The van der Waals surface area contributed by atoms with Crippen LogP contribution < -0.4 is 0 Å². The van der Waals surface area contributed by atoms with E-state index in [1.807, 2.05) is 4.90 Å². The monoisotopic (exact) mass is 302 g/mol. The van der Waals surface area contributed by atoms with E-state index in [1.54, 1.807) is 4.90 Å². The van der Waals surface area contributed by atoms with Gasteiger partial charge in [-0.25, -0.2) is 4.79 Å². The number of carbonyl (C=O) groups excluding carboxylic acids is 2. The number of carbonyl (C=O) groups is 2. The smallest absolute Gasteiger partial charge is 0.409 e. The molecule has 0 unspecified atom stereocenters. The Morgan fingerprint density at radius 2 is 1.82 bits per heavy atom. The van der Waals surface area contributed by atoms with Crippen molar-refractivity contribution in [2.45, 2.75) is 25.2 Å². The Labute approximate surface area is 130 Å². The molecule has 118 valence electrons. The molecular weight excluding hydrogens is 280 g/mol. The number of benzene rings is 1. The molecule has 3 rings (SSSR count). The van der Waals surface area contributed by atoms with E-state index >= 15 is 0 Å². The lowest BCUT2D eigenvalue weighted by atomic mass is 9.97. The maximum absolute atomic E-state index is 12.5. The first kappa shape index (κ1) is 14.9. The fourth-order valence-corrected chi connectivity index (χ4v) is 3.46. The van der Waals surface area contributed by atoms with E-state index in [0.29, 0.717) is 38.5 Å². The maximum Gasteiger partial charge on any atom is 0.409 e. The van der Waals surface area contributed by atoms with Crippen LogP contribution in [0.15, 0.2) is 24.3 Å². The van der Waals surface area contributed by atoms with Crippen molar-refractivity contribution >= 4 is 12.0 Å². The van der Waals surface area contributed by atoms with Crippen LogP contribution in [0, 0.1) is 0 Å². The van der Waals surface area contributed by atoms with Crippen LogP contribution in [0.1, 0.15) is 29.9 Å². The van der Waals surface area contributed by atoms with Gasteiger partial charge in [0.15, 0.2) is 0 Å². The highest BCUT2D eigenvalue weighted by Crippen LogP contribution is 2.35. The Morgan fingerprint density at radius 1 is 1.14 bits per heavy atom. The molecule has 1 aliphatic heterocycles. The molecule has 0 bridgehead atoms. The van der Waals surface area contributed by atoms with Gasteiger partial charge in [-0.15, -0.1) is 0 Å². The Bertz CT molecular complexity index is 565. The van der Waals surface area contributed by atoms with E-state index < -0.39 is 0 Å². The zero-order chi connectivity index (χ0) is 15.5. The summed E-state index contributed by atoms with van der Waals surface area (Å²) in [6.45, 7) is 2.31. The van der Waals surface area contributed by atoms with Crippen LogP contribution in [0.2, 0.25) is 0 Å². The van der Waals surface area contributed by atoms with Gasteiger partial charge in [-0.2, -0.15) is 0 Å². The van der Waals surface area contributed by atoms with E-state index in [9.17, 15) is 9.59 Å². The summed E-state index contributed by atoms with van der Waals surface area (Å²) in [6.07, 6.45) is 2.41. The van der Waals surface area contributed by atoms with E-state index in [0.717, 1.165) is 12.8 Å². The zero-order valence-electron chi connectivity index (χ0n) is 13.0. The van der Waals surface area contributed by atoms with Crippen molar-refractivity contribution in [3.8, 4) is 0 Å². The van der Waals surface area contributed by atoms with Gasteiger partial charge in [0, 0.05) is 32.6 Å². The number of fused-ring (bicyclic) bond motifs is 1. The number of aryl methyl sites for hydroxylation is 1. The summed E-state index contributed by atoms with van der Waals surface area (Å²) in [5.74, 6) is 0.550. The normalized spacial score (nSPS) is 20.7. The Kier molecular flexibility index (Phi) is 4.32. The van der Waals surface area contributed by atoms with Gasteiger partial charge in [-0.3, -0.25) is 4.79 Å². The van der Waals surface area contributed by atoms with Crippen molar-refractivity contribution in [3.63, 3.8) is 0 Å². The molecule has 1 heterocycles. The summed E-state index contributed by atoms with van der Waals surface area (Å²) in [5.41, 5.74) is 2.72. The van der Waals surface area contributed by atoms with E-state index in [-0.39, 0.29) is 12.0 Å². The molecule has 5 heteroatoms. The van der Waals surface area contributed by atoms with Crippen LogP contribution in [0.4, 0.5) is 4.79 Å².